The molecular weight excluding hydrogens is 407 g/mol. The molecule has 0 aliphatic carbocycles. The van der Waals surface area contributed by atoms with Crippen LogP contribution in [0.25, 0.3) is 16.8 Å². The summed E-state index contributed by atoms with van der Waals surface area (Å²) in [7, 11) is 0. The van der Waals surface area contributed by atoms with E-state index in [0.29, 0.717) is 21.3 Å². The van der Waals surface area contributed by atoms with Gasteiger partial charge in [0.25, 0.3) is 0 Å². The number of hydrogen-bond donors (Lipinski definition) is 2. The van der Waals surface area contributed by atoms with Gasteiger partial charge in [-0.1, -0.05) is 24.3 Å². The molecule has 1 heterocycles. The van der Waals surface area contributed by atoms with Crippen molar-refractivity contribution in [2.24, 2.45) is 4.99 Å². The Morgan fingerprint density at radius 3 is 2.67 bits per heavy atom. The third-order valence-electron chi connectivity index (χ3n) is 4.98. The first kappa shape index (κ1) is 20.9. The Hall–Kier alpha value is -2.38. The van der Waals surface area contributed by atoms with Gasteiger partial charge in [0.05, 0.1) is 0 Å². The van der Waals surface area contributed by atoms with E-state index in [1.165, 1.54) is 11.8 Å². The van der Waals surface area contributed by atoms with Crippen LogP contribution in [0.15, 0.2) is 70.6 Å². The molecule has 0 aromatic heterocycles. The van der Waals surface area contributed by atoms with Gasteiger partial charge in [-0.3, -0.25) is 0 Å². The van der Waals surface area contributed by atoms with Crippen LogP contribution in [0.3, 0.4) is 0 Å². The van der Waals surface area contributed by atoms with Gasteiger partial charge >= 0.3 is 167 Å². The number of amides is 1. The molecule has 3 aromatic rings. The molecule has 144 valence electrons. The van der Waals surface area contributed by atoms with Crippen LogP contribution in [-0.4, -0.2) is 50.1 Å². The zero-order valence-corrected chi connectivity index (χ0v) is 19.4. The molecule has 3 aromatic carbocycles. The number of amidine groups is 1. The van der Waals surface area contributed by atoms with E-state index in [1.54, 1.807) is 6.92 Å². The predicted molar refractivity (Wildman–Crippen MR) is 123 cm³/mol. The minimum absolute atomic E-state index is 0.303. The van der Waals surface area contributed by atoms with E-state index in [4.69, 9.17) is 0 Å². The van der Waals surface area contributed by atoms with Crippen molar-refractivity contribution in [3.63, 3.8) is 0 Å². The number of aliphatic imine (C=N–C) groups is 1. The average Bonchev–Trinajstić information content (AvgIpc) is 3.07. The van der Waals surface area contributed by atoms with Crippen molar-refractivity contribution in [3.8, 4) is 0 Å². The molecule has 0 radical (unpaired) electrons. The molecule has 30 heavy (non-hydrogen) atoms. The summed E-state index contributed by atoms with van der Waals surface area (Å²) in [6.45, 7) is 1.66. The standard InChI is InChI=1S/C23H17N2O3S.Na/c1-14(22(27)28)18-8-4-5-9-19(18)24-23-25-21(26)20(29-23)13-15-10-11-16-6-2-3-7-17(16)12-15;/h2-3,5-14H,1H3,(H,27,28)(H,24,25,26);. The normalized spacial score (nSPS) is 16.0. The number of carbonyl (C=O) groups excluding carboxylic acids is 1. The van der Waals surface area contributed by atoms with E-state index in [9.17, 15) is 14.7 Å². The van der Waals surface area contributed by atoms with Gasteiger partial charge < -0.3 is 0 Å². The molecule has 1 atom stereocenters. The Morgan fingerprint density at radius 2 is 1.90 bits per heavy atom. The first-order chi connectivity index (χ1) is 14.4. The molecule has 5 nitrogen and oxygen atoms in total. The first-order valence-electron chi connectivity index (χ1n) is 9.52. The number of thioether (sulfide) groups is 1. The second-order valence-corrected chi connectivity index (χ2v) is 9.40. The van der Waals surface area contributed by atoms with Gasteiger partial charge in [0.1, 0.15) is 0 Å². The minimum atomic E-state index is -0.890. The van der Waals surface area contributed by atoms with Gasteiger partial charge in [0, 0.05) is 0 Å². The fourth-order valence-electron chi connectivity index (χ4n) is 3.31. The van der Waals surface area contributed by atoms with Crippen LogP contribution < -0.4 is 8.13 Å². The molecule has 1 aliphatic heterocycles. The van der Waals surface area contributed by atoms with Crippen LogP contribution in [0.1, 0.15) is 24.0 Å². The van der Waals surface area contributed by atoms with Gasteiger partial charge in [-0.05, 0) is 5.39 Å². The van der Waals surface area contributed by atoms with Crippen LogP contribution >= 0.6 is 11.8 Å². The number of carboxylic acids is 1. The van der Waals surface area contributed by atoms with Crippen molar-refractivity contribution in [1.82, 2.24) is 0 Å². The number of nitrogens with zero attached hydrogens (tertiary/aromatic N) is 1. The summed E-state index contributed by atoms with van der Waals surface area (Å²) in [6.07, 6.45) is 1.83. The van der Waals surface area contributed by atoms with Crippen molar-refractivity contribution in [2.45, 2.75) is 12.8 Å². The van der Waals surface area contributed by atoms with E-state index < -0.39 is 11.9 Å². The van der Waals surface area contributed by atoms with Crippen molar-refractivity contribution in [3.05, 3.63) is 76.7 Å². The van der Waals surface area contributed by atoms with E-state index in [2.05, 4.69) is 10.3 Å². The SMILES string of the molecule is CC(C(=O)O)c1c[c]([Na])ccc1NC1=NC(=O)C(=Cc2ccc3ccccc3c2)S1. The monoisotopic (exact) mass is 424 g/mol. The third kappa shape index (κ3) is 4.52. The molecule has 1 aliphatic rings. The number of anilines is 1. The molecule has 7 heteroatoms. The first-order valence-corrected chi connectivity index (χ1v) is 11.3. The fourth-order valence-corrected chi connectivity index (χ4v) is 4.62. The van der Waals surface area contributed by atoms with Gasteiger partial charge in [-0.15, -0.1) is 0 Å². The zero-order chi connectivity index (χ0) is 21.3. The number of carboxylic acid groups (broad SMARTS) is 1. The van der Waals surface area contributed by atoms with E-state index >= 15 is 0 Å². The maximum absolute atomic E-state index is 12.4. The molecule has 1 amide bonds. The van der Waals surface area contributed by atoms with Gasteiger partial charge in [-0.25, -0.2) is 0 Å². The van der Waals surface area contributed by atoms with Crippen molar-refractivity contribution in [1.29, 1.82) is 0 Å². The number of nitrogens with one attached hydrogen (secondary N) is 1. The van der Waals surface area contributed by atoms with Crippen LogP contribution in [0.4, 0.5) is 5.69 Å². The van der Waals surface area contributed by atoms with Crippen LogP contribution in [-0.2, 0) is 9.59 Å². The number of fused-ring (bicyclic) bond motifs is 1. The molecule has 4 rings (SSSR count). The second kappa shape index (κ2) is 8.78. The Bertz CT molecular complexity index is 1240. The summed E-state index contributed by atoms with van der Waals surface area (Å²) in [6, 6.07) is 19.8. The third-order valence-corrected chi connectivity index (χ3v) is 6.50. The predicted octanol–water partition coefficient (Wildman–Crippen LogP) is 3.90. The quantitative estimate of drug-likeness (QED) is 0.491. The summed E-state index contributed by atoms with van der Waals surface area (Å²) >= 11 is 2.09. The summed E-state index contributed by atoms with van der Waals surface area (Å²) in [5.41, 5.74) is 2.29. The van der Waals surface area contributed by atoms with Gasteiger partial charge in [-0.2, -0.15) is 0 Å². The molecule has 0 fully saturated rings. The van der Waals surface area contributed by atoms with Crippen molar-refractivity contribution in [2.75, 3.05) is 5.32 Å². The number of carbonyl (C=O) groups is 2. The topological polar surface area (TPSA) is 78.8 Å². The van der Waals surface area contributed by atoms with Crippen LogP contribution in [0, 0.1) is 0 Å². The molecule has 0 saturated carbocycles. The molecule has 0 saturated heterocycles. The number of benzene rings is 3. The number of rotatable bonds is 4. The Kier molecular flexibility index (Phi) is 6.11. The average molecular weight is 424 g/mol. The number of hydrogen-bond acceptors (Lipinski definition) is 4. The summed E-state index contributed by atoms with van der Waals surface area (Å²) in [5, 5.41) is 15.3. The second-order valence-electron chi connectivity index (χ2n) is 7.21. The Labute approximate surface area is 195 Å². The molecule has 2 N–H and O–H groups in total. The van der Waals surface area contributed by atoms with Crippen molar-refractivity contribution < 1.29 is 14.7 Å². The maximum atomic E-state index is 12.4. The van der Waals surface area contributed by atoms with E-state index in [0.717, 1.165) is 47.1 Å². The van der Waals surface area contributed by atoms with Crippen molar-refractivity contribution >= 4 is 82.1 Å². The van der Waals surface area contributed by atoms with E-state index in [1.807, 2.05) is 66.7 Å². The molecule has 1 unspecified atom stereocenters. The summed E-state index contributed by atoms with van der Waals surface area (Å²) < 4.78 is 1.11. The van der Waals surface area contributed by atoms with Crippen LogP contribution in [0.2, 0.25) is 0 Å². The number of aliphatic carboxylic acids is 1. The Balaban J connectivity index is 1.57. The van der Waals surface area contributed by atoms with Gasteiger partial charge in [0.2, 0.25) is 0 Å². The molecule has 0 bridgehead atoms. The molecular formula is C23H17N2NaO3S. The Morgan fingerprint density at radius 1 is 1.13 bits per heavy atom. The summed E-state index contributed by atoms with van der Waals surface area (Å²) in [5.74, 6) is -1.85. The van der Waals surface area contributed by atoms with Gasteiger partial charge in [0.15, 0.2) is 0 Å². The molecule has 0 spiro atoms. The van der Waals surface area contributed by atoms with Crippen LogP contribution in [0.5, 0.6) is 0 Å². The van der Waals surface area contributed by atoms with E-state index in [-0.39, 0.29) is 5.91 Å². The zero-order valence-electron chi connectivity index (χ0n) is 16.5. The summed E-state index contributed by atoms with van der Waals surface area (Å²) in [4.78, 5) is 28.5. The fraction of sp³-hybridized carbons (Fsp3) is 0.0870.